The second kappa shape index (κ2) is 6.38. The molecule has 0 radical (unpaired) electrons. The first-order valence-electron chi connectivity index (χ1n) is 5.93. The molecule has 98 valence electrons. The van der Waals surface area contributed by atoms with Crippen LogP contribution in [0.5, 0.6) is 0 Å². The first-order chi connectivity index (χ1) is 9.18. The summed E-state index contributed by atoms with van der Waals surface area (Å²) in [5.41, 5.74) is 7.84. The minimum atomic E-state index is -0.366. The Kier molecular flexibility index (Phi) is 4.58. The van der Waals surface area contributed by atoms with Crippen LogP contribution in [-0.2, 0) is 11.2 Å². The lowest BCUT2D eigenvalue weighted by Crippen LogP contribution is -2.09. The summed E-state index contributed by atoms with van der Waals surface area (Å²) in [6.45, 7) is 0.351. The molecule has 0 aliphatic heterocycles. The number of esters is 1. The van der Waals surface area contributed by atoms with Crippen molar-refractivity contribution < 1.29 is 9.53 Å². The maximum absolute atomic E-state index is 11.9. The van der Waals surface area contributed by atoms with Gasteiger partial charge in [-0.05, 0) is 33.6 Å². The number of halogens is 1. The first kappa shape index (κ1) is 13.6. The summed E-state index contributed by atoms with van der Waals surface area (Å²) in [6, 6.07) is 15.0. The number of anilines is 1. The van der Waals surface area contributed by atoms with E-state index < -0.39 is 0 Å². The van der Waals surface area contributed by atoms with Crippen molar-refractivity contribution in [2.45, 2.75) is 6.42 Å². The van der Waals surface area contributed by atoms with Gasteiger partial charge >= 0.3 is 5.97 Å². The van der Waals surface area contributed by atoms with Gasteiger partial charge in [0.25, 0.3) is 0 Å². The Morgan fingerprint density at radius 2 is 1.84 bits per heavy atom. The van der Waals surface area contributed by atoms with E-state index in [1.807, 2.05) is 30.3 Å². The van der Waals surface area contributed by atoms with Gasteiger partial charge in [0.15, 0.2) is 0 Å². The molecule has 0 saturated carbocycles. The molecule has 0 amide bonds. The molecular formula is C15H14BrNO2. The molecular weight excluding hydrogens is 306 g/mol. The highest BCUT2D eigenvalue weighted by molar-refractivity contribution is 9.10. The van der Waals surface area contributed by atoms with E-state index >= 15 is 0 Å². The molecule has 0 aliphatic rings. The predicted octanol–water partition coefficient (Wildman–Crippen LogP) is 3.43. The molecule has 0 spiro atoms. The lowest BCUT2D eigenvalue weighted by molar-refractivity contribution is 0.0508. The van der Waals surface area contributed by atoms with Crippen LogP contribution in [0.4, 0.5) is 5.69 Å². The summed E-state index contributed by atoms with van der Waals surface area (Å²) in [6.07, 6.45) is 0.701. The number of nitrogens with two attached hydrogens (primary N) is 1. The van der Waals surface area contributed by atoms with Crippen LogP contribution >= 0.6 is 15.9 Å². The van der Waals surface area contributed by atoms with E-state index in [0.29, 0.717) is 28.8 Å². The molecule has 0 atom stereocenters. The van der Waals surface area contributed by atoms with Crippen LogP contribution < -0.4 is 5.73 Å². The average molecular weight is 320 g/mol. The highest BCUT2D eigenvalue weighted by Crippen LogP contribution is 2.24. The van der Waals surface area contributed by atoms with Crippen molar-refractivity contribution in [1.82, 2.24) is 0 Å². The SMILES string of the molecule is Nc1cccc(C(=O)OCCc2ccccc2)c1Br. The van der Waals surface area contributed by atoms with E-state index in [1.165, 1.54) is 0 Å². The molecule has 3 nitrogen and oxygen atoms in total. The Hall–Kier alpha value is -1.81. The lowest BCUT2D eigenvalue weighted by Gasteiger charge is -2.07. The summed E-state index contributed by atoms with van der Waals surface area (Å²) in [5.74, 6) is -0.366. The van der Waals surface area contributed by atoms with Gasteiger partial charge in [0.2, 0.25) is 0 Å². The van der Waals surface area contributed by atoms with Crippen LogP contribution in [0, 0.1) is 0 Å². The van der Waals surface area contributed by atoms with Gasteiger partial charge in [-0.25, -0.2) is 4.79 Å². The summed E-state index contributed by atoms with van der Waals surface area (Å²) >= 11 is 3.29. The number of benzene rings is 2. The molecule has 2 rings (SSSR count). The minimum absolute atomic E-state index is 0.351. The van der Waals surface area contributed by atoms with Crippen molar-refractivity contribution in [3.63, 3.8) is 0 Å². The third-order valence-electron chi connectivity index (χ3n) is 2.72. The van der Waals surface area contributed by atoms with Crippen molar-refractivity contribution in [1.29, 1.82) is 0 Å². The number of hydrogen-bond donors (Lipinski definition) is 1. The van der Waals surface area contributed by atoms with Crippen LogP contribution in [0.15, 0.2) is 53.0 Å². The molecule has 19 heavy (non-hydrogen) atoms. The third kappa shape index (κ3) is 3.58. The molecule has 0 saturated heterocycles. The van der Waals surface area contributed by atoms with Gasteiger partial charge in [0.1, 0.15) is 0 Å². The minimum Gasteiger partial charge on any atom is -0.462 e. The smallest absolute Gasteiger partial charge is 0.339 e. The van der Waals surface area contributed by atoms with Gasteiger partial charge in [-0.15, -0.1) is 0 Å². The summed E-state index contributed by atoms with van der Waals surface area (Å²) in [5, 5.41) is 0. The normalized spacial score (nSPS) is 10.2. The second-order valence-corrected chi connectivity index (χ2v) is 4.87. The van der Waals surface area contributed by atoms with E-state index in [4.69, 9.17) is 10.5 Å². The number of hydrogen-bond acceptors (Lipinski definition) is 3. The van der Waals surface area contributed by atoms with Crippen LogP contribution in [0.25, 0.3) is 0 Å². The van der Waals surface area contributed by atoms with Gasteiger partial charge in [-0.2, -0.15) is 0 Å². The van der Waals surface area contributed by atoms with E-state index in [9.17, 15) is 4.79 Å². The van der Waals surface area contributed by atoms with Gasteiger partial charge in [-0.3, -0.25) is 0 Å². The Morgan fingerprint density at radius 3 is 2.58 bits per heavy atom. The Bertz CT molecular complexity index is 570. The van der Waals surface area contributed by atoms with Crippen molar-refractivity contribution in [2.75, 3.05) is 12.3 Å². The van der Waals surface area contributed by atoms with Gasteiger partial charge in [0.05, 0.1) is 16.6 Å². The molecule has 2 aromatic rings. The maximum atomic E-state index is 11.9. The summed E-state index contributed by atoms with van der Waals surface area (Å²) in [7, 11) is 0. The molecule has 0 fully saturated rings. The molecule has 4 heteroatoms. The summed E-state index contributed by atoms with van der Waals surface area (Å²) in [4.78, 5) is 11.9. The standard InChI is InChI=1S/C15H14BrNO2/c16-14-12(7-4-8-13(14)17)15(18)19-10-9-11-5-2-1-3-6-11/h1-8H,9-10,17H2. The van der Waals surface area contributed by atoms with Crippen molar-refractivity contribution in [2.24, 2.45) is 0 Å². The van der Waals surface area contributed by atoms with E-state index in [0.717, 1.165) is 5.56 Å². The van der Waals surface area contributed by atoms with Gasteiger partial charge < -0.3 is 10.5 Å². The van der Waals surface area contributed by atoms with Crippen molar-refractivity contribution >= 4 is 27.6 Å². The quantitative estimate of drug-likeness (QED) is 0.693. The number of carbonyl (C=O) groups is 1. The average Bonchev–Trinajstić information content (AvgIpc) is 2.43. The monoisotopic (exact) mass is 319 g/mol. The van der Waals surface area contributed by atoms with Crippen molar-refractivity contribution in [3.05, 3.63) is 64.1 Å². The number of nitrogen functional groups attached to an aromatic ring is 1. The predicted molar refractivity (Wildman–Crippen MR) is 79.0 cm³/mol. The summed E-state index contributed by atoms with van der Waals surface area (Å²) < 4.78 is 5.83. The fourth-order valence-electron chi connectivity index (χ4n) is 1.69. The molecule has 0 aromatic heterocycles. The largest absolute Gasteiger partial charge is 0.462 e. The van der Waals surface area contributed by atoms with Gasteiger partial charge in [-0.1, -0.05) is 36.4 Å². The zero-order chi connectivity index (χ0) is 13.7. The van der Waals surface area contributed by atoms with Crippen molar-refractivity contribution in [3.8, 4) is 0 Å². The van der Waals surface area contributed by atoms with Gasteiger partial charge in [0, 0.05) is 12.1 Å². The Morgan fingerprint density at radius 1 is 1.11 bits per heavy atom. The zero-order valence-electron chi connectivity index (χ0n) is 10.3. The number of carbonyl (C=O) groups excluding carboxylic acids is 1. The molecule has 0 heterocycles. The second-order valence-electron chi connectivity index (χ2n) is 4.08. The highest BCUT2D eigenvalue weighted by atomic mass is 79.9. The number of ether oxygens (including phenoxy) is 1. The van der Waals surface area contributed by atoms with E-state index in [-0.39, 0.29) is 5.97 Å². The Labute approximate surface area is 120 Å². The van der Waals surface area contributed by atoms with E-state index in [1.54, 1.807) is 18.2 Å². The first-order valence-corrected chi connectivity index (χ1v) is 6.73. The third-order valence-corrected chi connectivity index (χ3v) is 3.60. The molecule has 0 unspecified atom stereocenters. The molecule has 0 bridgehead atoms. The Balaban J connectivity index is 1.93. The number of rotatable bonds is 4. The van der Waals surface area contributed by atoms with Crippen LogP contribution in [0.1, 0.15) is 15.9 Å². The van der Waals surface area contributed by atoms with Crippen LogP contribution in [0.2, 0.25) is 0 Å². The maximum Gasteiger partial charge on any atom is 0.339 e. The lowest BCUT2D eigenvalue weighted by atomic mass is 10.2. The molecule has 2 N–H and O–H groups in total. The topological polar surface area (TPSA) is 52.3 Å². The fraction of sp³-hybridized carbons (Fsp3) is 0.133. The molecule has 0 aliphatic carbocycles. The van der Waals surface area contributed by atoms with Crippen LogP contribution in [0.3, 0.4) is 0 Å². The molecule has 2 aromatic carbocycles. The highest BCUT2D eigenvalue weighted by Gasteiger charge is 2.12. The van der Waals surface area contributed by atoms with E-state index in [2.05, 4.69) is 15.9 Å². The van der Waals surface area contributed by atoms with Crippen LogP contribution in [-0.4, -0.2) is 12.6 Å². The fourth-order valence-corrected chi connectivity index (χ4v) is 2.12. The zero-order valence-corrected chi connectivity index (χ0v) is 11.9.